The van der Waals surface area contributed by atoms with E-state index >= 15 is 0 Å². The number of pyridine rings is 1. The van der Waals surface area contributed by atoms with Crippen molar-refractivity contribution >= 4 is 40.5 Å². The van der Waals surface area contributed by atoms with E-state index in [1.54, 1.807) is 19.4 Å². The summed E-state index contributed by atoms with van der Waals surface area (Å²) in [6, 6.07) is 12.6. The van der Waals surface area contributed by atoms with Crippen LogP contribution in [0.2, 0.25) is 0 Å². The lowest BCUT2D eigenvalue weighted by Gasteiger charge is -2.36. The predicted octanol–water partition coefficient (Wildman–Crippen LogP) is 6.21. The smallest absolute Gasteiger partial charge is 0.324 e. The molecule has 16 heteroatoms. The zero-order valence-electron chi connectivity index (χ0n) is 40.2. The molecule has 6 heterocycles. The Morgan fingerprint density at radius 2 is 1.88 bits per heavy atom. The molecular formula is C52H64FN7O8. The number of halogens is 1. The second-order valence-corrected chi connectivity index (χ2v) is 19.8. The fraction of sp³-hybridized carbons (Fsp3) is 0.500. The SMILES string of the molecule is C=CC(=O)N1CC[C@]2(C1)OCN([C@H](C(=O)N[C@H]1Cc3cc(CF)cc(c3)-c3ccc4c(c3)c(c(-c3cccnc3[C@H](C)OC)n4CC)CC(C)(C)COC(=O)[C@@H]3CCCN(N3)C1=O)C(C)C)C2=O. The Hall–Kier alpha value is -5.97. The van der Waals surface area contributed by atoms with E-state index in [1.807, 2.05) is 45.0 Å². The number of amides is 4. The van der Waals surface area contributed by atoms with Gasteiger partial charge >= 0.3 is 5.97 Å². The largest absolute Gasteiger partial charge is 0.464 e. The Bertz CT molecular complexity index is 2630. The topological polar surface area (TPSA) is 165 Å². The van der Waals surface area contributed by atoms with Crippen molar-refractivity contribution in [3.8, 4) is 22.4 Å². The zero-order valence-corrected chi connectivity index (χ0v) is 40.2. The maximum Gasteiger partial charge on any atom is 0.324 e. The molecule has 4 aliphatic heterocycles. The Morgan fingerprint density at radius 1 is 1.09 bits per heavy atom. The van der Waals surface area contributed by atoms with Crippen molar-refractivity contribution in [2.75, 3.05) is 40.1 Å². The molecular weight excluding hydrogens is 870 g/mol. The number of alkyl halides is 1. The second-order valence-electron chi connectivity index (χ2n) is 19.8. The summed E-state index contributed by atoms with van der Waals surface area (Å²) in [6.07, 6.45) is 4.34. The van der Waals surface area contributed by atoms with Gasteiger partial charge in [0.05, 0.1) is 30.6 Å². The third-order valence-corrected chi connectivity index (χ3v) is 14.0. The van der Waals surface area contributed by atoms with Gasteiger partial charge in [0, 0.05) is 67.7 Å². The molecule has 8 rings (SSSR count). The minimum absolute atomic E-state index is 0.0317. The Labute approximate surface area is 397 Å². The molecule has 4 aliphatic rings. The molecule has 4 amide bonds. The number of carbonyl (C=O) groups excluding carboxylic acids is 5. The summed E-state index contributed by atoms with van der Waals surface area (Å²) in [7, 11) is 1.66. The number of nitrogens with zero attached hydrogens (tertiary/aromatic N) is 5. The number of aromatic nitrogens is 2. The summed E-state index contributed by atoms with van der Waals surface area (Å²) in [6.45, 7) is 15.8. The van der Waals surface area contributed by atoms with Gasteiger partial charge in [0.2, 0.25) is 11.8 Å². The van der Waals surface area contributed by atoms with Crippen LogP contribution in [0.1, 0.15) is 89.3 Å². The summed E-state index contributed by atoms with van der Waals surface area (Å²) in [5, 5.41) is 5.35. The van der Waals surface area contributed by atoms with Gasteiger partial charge in [0.1, 0.15) is 31.5 Å². The Kier molecular flexibility index (Phi) is 13.9. The first-order chi connectivity index (χ1) is 32.5. The molecule has 0 radical (unpaired) electrons. The number of hydrazine groups is 1. The monoisotopic (exact) mass is 933 g/mol. The van der Waals surface area contributed by atoms with Gasteiger partial charge in [-0.25, -0.2) is 9.82 Å². The van der Waals surface area contributed by atoms with E-state index in [0.717, 1.165) is 44.5 Å². The Balaban J connectivity index is 1.21. The Morgan fingerprint density at radius 3 is 2.60 bits per heavy atom. The number of methoxy groups -OCH3 is 1. The van der Waals surface area contributed by atoms with Crippen molar-refractivity contribution in [3.63, 3.8) is 0 Å². The number of cyclic esters (lactones) is 1. The van der Waals surface area contributed by atoms with Crippen molar-refractivity contribution in [1.29, 1.82) is 0 Å². The van der Waals surface area contributed by atoms with E-state index in [4.69, 9.17) is 19.2 Å². The minimum atomic E-state index is -1.30. The zero-order chi connectivity index (χ0) is 48.7. The lowest BCUT2D eigenvalue weighted by Crippen LogP contribution is -2.62. The quantitative estimate of drug-likeness (QED) is 0.138. The molecule has 2 aromatic heterocycles. The molecule has 5 atom stereocenters. The first-order valence-electron chi connectivity index (χ1n) is 23.7. The highest BCUT2D eigenvalue weighted by Crippen LogP contribution is 2.42. The van der Waals surface area contributed by atoms with Gasteiger partial charge in [-0.2, -0.15) is 0 Å². The van der Waals surface area contributed by atoms with Crippen molar-refractivity contribution in [1.82, 2.24) is 35.1 Å². The van der Waals surface area contributed by atoms with Crippen molar-refractivity contribution in [2.45, 2.75) is 117 Å². The van der Waals surface area contributed by atoms with E-state index in [9.17, 15) is 28.4 Å². The van der Waals surface area contributed by atoms with Crippen molar-refractivity contribution < 1.29 is 42.6 Å². The summed E-state index contributed by atoms with van der Waals surface area (Å²) < 4.78 is 35.3. The van der Waals surface area contributed by atoms with Crippen LogP contribution in [0.4, 0.5) is 4.39 Å². The lowest BCUT2D eigenvalue weighted by atomic mass is 9.84. The fourth-order valence-corrected chi connectivity index (χ4v) is 10.5. The van der Waals surface area contributed by atoms with Crippen LogP contribution < -0.4 is 10.7 Å². The van der Waals surface area contributed by atoms with Gasteiger partial charge in [-0.3, -0.25) is 34.0 Å². The average Bonchev–Trinajstić information content (AvgIpc) is 4.01. The molecule has 0 unspecified atom stereocenters. The number of rotatable bonds is 10. The average molecular weight is 934 g/mol. The molecule has 6 bridgehead atoms. The summed E-state index contributed by atoms with van der Waals surface area (Å²) in [4.78, 5) is 77.8. The number of ether oxygens (including phenoxy) is 3. The molecule has 3 fully saturated rings. The highest BCUT2D eigenvalue weighted by Gasteiger charge is 2.56. The second kappa shape index (κ2) is 19.6. The van der Waals surface area contributed by atoms with Gasteiger partial charge in [0.25, 0.3) is 11.8 Å². The van der Waals surface area contributed by atoms with Crippen molar-refractivity contribution in [2.24, 2.45) is 11.3 Å². The predicted molar refractivity (Wildman–Crippen MR) is 254 cm³/mol. The summed E-state index contributed by atoms with van der Waals surface area (Å²) in [5.74, 6) is -2.70. The molecule has 4 aromatic rings. The van der Waals surface area contributed by atoms with Crippen LogP contribution in [-0.4, -0.2) is 118 Å². The fourth-order valence-electron chi connectivity index (χ4n) is 10.5. The van der Waals surface area contributed by atoms with E-state index < -0.39 is 65.4 Å². The first-order valence-corrected chi connectivity index (χ1v) is 23.7. The molecule has 362 valence electrons. The number of nitrogens with one attached hydrogen (secondary N) is 2. The minimum Gasteiger partial charge on any atom is -0.464 e. The van der Waals surface area contributed by atoms with Crippen LogP contribution in [0.3, 0.4) is 0 Å². The van der Waals surface area contributed by atoms with Gasteiger partial charge in [0.15, 0.2) is 5.60 Å². The van der Waals surface area contributed by atoms with Crippen LogP contribution in [0.25, 0.3) is 33.3 Å². The third-order valence-electron chi connectivity index (χ3n) is 14.0. The molecule has 0 aliphatic carbocycles. The van der Waals surface area contributed by atoms with Crippen LogP contribution in [0.5, 0.6) is 0 Å². The number of carbonyl (C=O) groups is 5. The molecule has 68 heavy (non-hydrogen) atoms. The number of fused-ring (bicyclic) bond motifs is 6. The lowest BCUT2D eigenvalue weighted by molar-refractivity contribution is -0.155. The van der Waals surface area contributed by atoms with Crippen LogP contribution in [0.15, 0.2) is 67.4 Å². The highest BCUT2D eigenvalue weighted by molar-refractivity contribution is 5.97. The van der Waals surface area contributed by atoms with Gasteiger partial charge < -0.3 is 33.9 Å². The normalized spacial score (nSPS) is 23.0. The number of benzene rings is 2. The number of likely N-dealkylation sites (tertiary alicyclic amines) is 1. The maximum absolute atomic E-state index is 15.0. The van der Waals surface area contributed by atoms with Crippen LogP contribution >= 0.6 is 0 Å². The van der Waals surface area contributed by atoms with Crippen molar-refractivity contribution in [3.05, 3.63) is 89.8 Å². The maximum atomic E-state index is 15.0. The molecule has 0 saturated carbocycles. The molecule has 2 N–H and O–H groups in total. The molecule has 15 nitrogen and oxygen atoms in total. The van der Waals surface area contributed by atoms with Gasteiger partial charge in [-0.1, -0.05) is 52.5 Å². The van der Waals surface area contributed by atoms with Gasteiger partial charge in [-0.15, -0.1) is 0 Å². The number of hydrogen-bond donors (Lipinski definition) is 2. The molecule has 2 aromatic carbocycles. The van der Waals surface area contributed by atoms with E-state index in [0.29, 0.717) is 43.5 Å². The number of hydrogen-bond acceptors (Lipinski definition) is 10. The van der Waals surface area contributed by atoms with Crippen LogP contribution in [-0.2, 0) is 64.2 Å². The van der Waals surface area contributed by atoms with Gasteiger partial charge in [-0.05, 0) is 103 Å². The first kappa shape index (κ1) is 48.5. The van der Waals surface area contributed by atoms with E-state index in [-0.39, 0.29) is 51.3 Å². The van der Waals surface area contributed by atoms with E-state index in [2.05, 4.69) is 60.9 Å². The van der Waals surface area contributed by atoms with Crippen LogP contribution in [0, 0.1) is 11.3 Å². The van der Waals surface area contributed by atoms with E-state index in [1.165, 1.54) is 20.9 Å². The molecule has 3 saturated heterocycles. The summed E-state index contributed by atoms with van der Waals surface area (Å²) in [5.41, 5.74) is 8.57. The summed E-state index contributed by atoms with van der Waals surface area (Å²) >= 11 is 0. The third kappa shape index (κ3) is 9.29. The highest BCUT2D eigenvalue weighted by atomic mass is 19.1. The molecule has 1 spiro atoms. The standard InChI is InChI=1S/C52H64FN7O8/c1-9-43(61)57-20-17-52(28-57)50(65)59(30-68-52)45(31(3)4)47(62)55-41-24-33-21-34(27-53)23-36(22-33)35-15-16-42-38(25-35)39(46(58(42)10-2)37-13-11-18-54-44(37)32(5)66-8)26-51(6,7)29-67-49(64)40-14-12-19-60(56-40)48(41)63/h9,11,13,15-16,18,21-23,25,31-32,40-41,45,56H,1,10,12,14,17,19-20,24,26-30H2,2-8H3,(H,55,62)/t32-,40-,41-,45-,52+/m0/s1. The number of esters is 1. The number of aryl methyl sites for hydroxylation is 1.